The molecule has 2 aromatic heterocycles. The van der Waals surface area contributed by atoms with Gasteiger partial charge in [-0.3, -0.25) is 4.79 Å². The van der Waals surface area contributed by atoms with Crippen molar-refractivity contribution in [2.75, 3.05) is 5.32 Å². The lowest BCUT2D eigenvalue weighted by molar-refractivity contribution is -0.137. The van der Waals surface area contributed by atoms with Crippen molar-refractivity contribution in [1.82, 2.24) is 9.97 Å². The van der Waals surface area contributed by atoms with Crippen molar-refractivity contribution in [1.29, 1.82) is 0 Å². The maximum atomic E-state index is 11.1. The summed E-state index contributed by atoms with van der Waals surface area (Å²) in [5.74, 6) is -0.524. The van der Waals surface area contributed by atoms with Gasteiger partial charge in [-0.25, -0.2) is 9.97 Å². The summed E-state index contributed by atoms with van der Waals surface area (Å²) in [6, 6.07) is 9.03. The number of aliphatic carboxylic acids is 1. The van der Waals surface area contributed by atoms with Gasteiger partial charge in [0.25, 0.3) is 0 Å². The number of nitrogens with zero attached hydrogens (tertiary/aromatic N) is 2. The molecule has 2 heterocycles. The van der Waals surface area contributed by atoms with Crippen LogP contribution in [0.25, 0.3) is 21.3 Å². The molecule has 2 N–H and O–H groups in total. The van der Waals surface area contributed by atoms with Crippen LogP contribution < -0.4 is 5.32 Å². The van der Waals surface area contributed by atoms with Crippen molar-refractivity contribution in [2.24, 2.45) is 0 Å². The molecular formula is C15H12ClN3O2S. The molecule has 1 unspecified atom stereocenters. The number of hydrogen-bond donors (Lipinski definition) is 2. The van der Waals surface area contributed by atoms with Crippen LogP contribution in [-0.4, -0.2) is 27.1 Å². The van der Waals surface area contributed by atoms with E-state index in [1.54, 1.807) is 6.92 Å². The highest BCUT2D eigenvalue weighted by Gasteiger charge is 2.18. The van der Waals surface area contributed by atoms with Gasteiger partial charge in [-0.1, -0.05) is 30.3 Å². The molecule has 0 spiro atoms. The molecular weight excluding hydrogens is 322 g/mol. The third kappa shape index (κ3) is 2.75. The number of aromatic nitrogens is 2. The van der Waals surface area contributed by atoms with Crippen LogP contribution in [0.5, 0.6) is 0 Å². The molecule has 3 rings (SSSR count). The van der Waals surface area contributed by atoms with E-state index < -0.39 is 12.0 Å². The summed E-state index contributed by atoms with van der Waals surface area (Å²) < 4.78 is 0. The van der Waals surface area contributed by atoms with Crippen molar-refractivity contribution in [3.8, 4) is 11.1 Å². The second-order valence-corrected chi connectivity index (χ2v) is 5.94. The Morgan fingerprint density at radius 1 is 1.32 bits per heavy atom. The Kier molecular flexibility index (Phi) is 3.96. The fraction of sp³-hybridized carbons (Fsp3) is 0.133. The maximum Gasteiger partial charge on any atom is 0.325 e. The van der Waals surface area contributed by atoms with E-state index >= 15 is 0 Å². The average molecular weight is 334 g/mol. The normalized spacial score (nSPS) is 12.3. The summed E-state index contributed by atoms with van der Waals surface area (Å²) in [5.41, 5.74) is 1.98. The fourth-order valence-electron chi connectivity index (χ4n) is 2.12. The molecule has 0 bridgehead atoms. The Hall–Kier alpha value is -2.18. The van der Waals surface area contributed by atoms with Crippen LogP contribution in [0.2, 0.25) is 5.28 Å². The number of fused-ring (bicyclic) bond motifs is 1. The number of thiophene rings is 1. The van der Waals surface area contributed by atoms with E-state index in [4.69, 9.17) is 16.7 Å². The van der Waals surface area contributed by atoms with Crippen molar-refractivity contribution >= 4 is 44.9 Å². The molecule has 1 atom stereocenters. The molecule has 0 aliphatic heterocycles. The van der Waals surface area contributed by atoms with Gasteiger partial charge in [-0.2, -0.15) is 0 Å². The molecule has 7 heteroatoms. The van der Waals surface area contributed by atoms with E-state index in [1.807, 2.05) is 35.7 Å². The number of benzene rings is 1. The first-order valence-electron chi connectivity index (χ1n) is 6.56. The van der Waals surface area contributed by atoms with Gasteiger partial charge in [0.2, 0.25) is 5.28 Å². The Morgan fingerprint density at radius 3 is 2.73 bits per heavy atom. The number of carboxylic acids is 1. The summed E-state index contributed by atoms with van der Waals surface area (Å²) >= 11 is 7.39. The van der Waals surface area contributed by atoms with Gasteiger partial charge in [0.05, 0.1) is 5.39 Å². The number of carboxylic acid groups (broad SMARTS) is 1. The second kappa shape index (κ2) is 5.90. The zero-order valence-electron chi connectivity index (χ0n) is 11.6. The van der Waals surface area contributed by atoms with Gasteiger partial charge in [0, 0.05) is 10.9 Å². The molecule has 3 aromatic rings. The number of anilines is 1. The van der Waals surface area contributed by atoms with Crippen LogP contribution in [0.3, 0.4) is 0 Å². The van der Waals surface area contributed by atoms with E-state index in [0.717, 1.165) is 21.3 Å². The Bertz CT molecular complexity index is 835. The van der Waals surface area contributed by atoms with Gasteiger partial charge in [0.1, 0.15) is 16.7 Å². The van der Waals surface area contributed by atoms with Crippen LogP contribution >= 0.6 is 22.9 Å². The van der Waals surface area contributed by atoms with E-state index in [2.05, 4.69) is 15.3 Å². The lowest BCUT2D eigenvalue weighted by atomic mass is 10.1. The first kappa shape index (κ1) is 14.7. The molecule has 0 amide bonds. The van der Waals surface area contributed by atoms with Crippen LogP contribution in [0.15, 0.2) is 35.7 Å². The summed E-state index contributed by atoms with van der Waals surface area (Å²) in [5, 5.41) is 14.8. The van der Waals surface area contributed by atoms with Crippen molar-refractivity contribution in [2.45, 2.75) is 13.0 Å². The minimum absolute atomic E-state index is 0.0917. The summed E-state index contributed by atoms with van der Waals surface area (Å²) in [7, 11) is 0. The maximum absolute atomic E-state index is 11.1. The topological polar surface area (TPSA) is 75.1 Å². The van der Waals surface area contributed by atoms with E-state index in [-0.39, 0.29) is 5.28 Å². The van der Waals surface area contributed by atoms with Gasteiger partial charge in [0.15, 0.2) is 0 Å². The molecule has 22 heavy (non-hydrogen) atoms. The minimum atomic E-state index is -0.959. The SMILES string of the molecule is CC(Nc1nc(Cl)nc2scc(-c3ccccc3)c12)C(=O)O. The first-order valence-corrected chi connectivity index (χ1v) is 7.81. The van der Waals surface area contributed by atoms with E-state index in [9.17, 15) is 4.79 Å². The minimum Gasteiger partial charge on any atom is -0.480 e. The number of nitrogens with one attached hydrogen (secondary N) is 1. The zero-order valence-corrected chi connectivity index (χ0v) is 13.1. The number of carbonyl (C=O) groups is 1. The van der Waals surface area contributed by atoms with Crippen LogP contribution in [0, 0.1) is 0 Å². The molecule has 0 saturated carbocycles. The third-order valence-corrected chi connectivity index (χ3v) is 4.26. The summed E-state index contributed by atoms with van der Waals surface area (Å²) in [4.78, 5) is 20.2. The van der Waals surface area contributed by atoms with Gasteiger partial charge in [-0.15, -0.1) is 11.3 Å². The average Bonchev–Trinajstić information content (AvgIpc) is 2.91. The van der Waals surface area contributed by atoms with E-state index in [0.29, 0.717) is 5.82 Å². The largest absolute Gasteiger partial charge is 0.480 e. The van der Waals surface area contributed by atoms with Gasteiger partial charge >= 0.3 is 5.97 Å². The first-order chi connectivity index (χ1) is 10.6. The molecule has 1 aromatic carbocycles. The quantitative estimate of drug-likeness (QED) is 0.708. The Balaban J connectivity index is 2.18. The molecule has 0 fully saturated rings. The van der Waals surface area contributed by atoms with Crippen molar-refractivity contribution in [3.63, 3.8) is 0 Å². The highest BCUT2D eigenvalue weighted by Crippen LogP contribution is 2.37. The summed E-state index contributed by atoms with van der Waals surface area (Å²) in [6.45, 7) is 1.55. The van der Waals surface area contributed by atoms with Gasteiger partial charge in [-0.05, 0) is 24.1 Å². The van der Waals surface area contributed by atoms with Crippen LogP contribution in [-0.2, 0) is 4.79 Å². The van der Waals surface area contributed by atoms with Crippen molar-refractivity contribution in [3.05, 3.63) is 41.0 Å². The lowest BCUT2D eigenvalue weighted by Crippen LogP contribution is -2.26. The number of hydrogen-bond acceptors (Lipinski definition) is 5. The van der Waals surface area contributed by atoms with Crippen LogP contribution in [0.1, 0.15) is 6.92 Å². The van der Waals surface area contributed by atoms with Gasteiger partial charge < -0.3 is 10.4 Å². The zero-order chi connectivity index (χ0) is 15.7. The molecule has 0 aliphatic carbocycles. The van der Waals surface area contributed by atoms with Crippen LogP contribution in [0.4, 0.5) is 5.82 Å². The van der Waals surface area contributed by atoms with Crippen molar-refractivity contribution < 1.29 is 9.90 Å². The monoisotopic (exact) mass is 333 g/mol. The fourth-order valence-corrected chi connectivity index (χ4v) is 3.28. The molecule has 0 saturated heterocycles. The van der Waals surface area contributed by atoms with E-state index in [1.165, 1.54) is 11.3 Å². The predicted octanol–water partition coefficient (Wildman–Crippen LogP) is 3.90. The molecule has 0 radical (unpaired) electrons. The Morgan fingerprint density at radius 2 is 2.05 bits per heavy atom. The molecule has 112 valence electrons. The predicted molar refractivity (Wildman–Crippen MR) is 88.6 cm³/mol. The lowest BCUT2D eigenvalue weighted by Gasteiger charge is -2.12. The highest BCUT2D eigenvalue weighted by atomic mass is 35.5. The highest BCUT2D eigenvalue weighted by molar-refractivity contribution is 7.17. The smallest absolute Gasteiger partial charge is 0.325 e. The second-order valence-electron chi connectivity index (χ2n) is 4.74. The molecule has 0 aliphatic rings. The number of halogens is 1. The third-order valence-electron chi connectivity index (χ3n) is 3.21. The Labute approximate surface area is 135 Å². The standard InChI is InChI=1S/C15H12ClN3O2S/c1-8(14(20)21)17-12-11-10(9-5-3-2-4-6-9)7-22-13(11)19-15(16)18-12/h2-8H,1H3,(H,20,21)(H,17,18,19). The molecule has 5 nitrogen and oxygen atoms in total. The summed E-state index contributed by atoms with van der Waals surface area (Å²) in [6.07, 6.45) is 0. The number of rotatable bonds is 4.